The van der Waals surface area contributed by atoms with Crippen LogP contribution in [0.4, 0.5) is 0 Å². The summed E-state index contributed by atoms with van der Waals surface area (Å²) < 4.78 is 6.18. The quantitative estimate of drug-likeness (QED) is 0.764. The van der Waals surface area contributed by atoms with Gasteiger partial charge in [-0.05, 0) is 50.6 Å². The smallest absolute Gasteiger partial charge is 0.0730 e. The summed E-state index contributed by atoms with van der Waals surface area (Å²) in [5.74, 6) is 0.860. The van der Waals surface area contributed by atoms with Crippen LogP contribution in [-0.4, -0.2) is 25.8 Å². The fraction of sp³-hybridized carbons (Fsp3) is 0.667. The van der Waals surface area contributed by atoms with Crippen LogP contribution < -0.4 is 5.32 Å². The van der Waals surface area contributed by atoms with E-state index >= 15 is 0 Å². The fourth-order valence-electron chi connectivity index (χ4n) is 3.25. The van der Waals surface area contributed by atoms with Gasteiger partial charge >= 0.3 is 0 Å². The molecule has 1 N–H and O–H groups in total. The fourth-order valence-corrected chi connectivity index (χ4v) is 3.25. The van der Waals surface area contributed by atoms with Crippen LogP contribution in [0.15, 0.2) is 30.3 Å². The van der Waals surface area contributed by atoms with Crippen LogP contribution in [0.25, 0.3) is 0 Å². The Kier molecular flexibility index (Phi) is 6.55. The highest BCUT2D eigenvalue weighted by molar-refractivity contribution is 5.14. The first-order valence-corrected chi connectivity index (χ1v) is 8.16. The first-order chi connectivity index (χ1) is 9.83. The molecule has 112 valence electrons. The zero-order chi connectivity index (χ0) is 14.2. The summed E-state index contributed by atoms with van der Waals surface area (Å²) in [5, 5.41) is 3.43. The van der Waals surface area contributed by atoms with Crippen LogP contribution in [-0.2, 0) is 11.2 Å². The molecule has 1 saturated carbocycles. The zero-order valence-corrected chi connectivity index (χ0v) is 13.0. The van der Waals surface area contributed by atoms with Gasteiger partial charge in [-0.15, -0.1) is 0 Å². The first-order valence-electron chi connectivity index (χ1n) is 8.16. The van der Waals surface area contributed by atoms with Gasteiger partial charge in [0.2, 0.25) is 0 Å². The van der Waals surface area contributed by atoms with Crippen molar-refractivity contribution in [1.82, 2.24) is 5.32 Å². The van der Waals surface area contributed by atoms with E-state index in [0.29, 0.717) is 12.1 Å². The lowest BCUT2D eigenvalue weighted by atomic mass is 9.82. The Bertz CT molecular complexity index is 365. The van der Waals surface area contributed by atoms with Gasteiger partial charge in [-0.25, -0.2) is 0 Å². The maximum absolute atomic E-state index is 6.18. The maximum atomic E-state index is 6.18. The number of rotatable bonds is 7. The van der Waals surface area contributed by atoms with E-state index in [2.05, 4.69) is 49.6 Å². The molecule has 20 heavy (non-hydrogen) atoms. The third-order valence-corrected chi connectivity index (χ3v) is 4.63. The second-order valence-electron chi connectivity index (χ2n) is 5.98. The predicted molar refractivity (Wildman–Crippen MR) is 85.0 cm³/mol. The molecule has 0 radical (unpaired) electrons. The number of ether oxygens (including phenoxy) is 1. The first kappa shape index (κ1) is 15.5. The molecule has 1 aliphatic rings. The van der Waals surface area contributed by atoms with Gasteiger partial charge < -0.3 is 10.1 Å². The van der Waals surface area contributed by atoms with Crippen LogP contribution in [0.1, 0.15) is 44.6 Å². The largest absolute Gasteiger partial charge is 0.377 e. The highest BCUT2D eigenvalue weighted by Crippen LogP contribution is 2.28. The molecular weight excluding hydrogens is 246 g/mol. The van der Waals surface area contributed by atoms with Crippen molar-refractivity contribution in [1.29, 1.82) is 0 Å². The van der Waals surface area contributed by atoms with Gasteiger partial charge in [0.1, 0.15) is 0 Å². The minimum atomic E-state index is 0.412. The maximum Gasteiger partial charge on any atom is 0.0730 e. The number of hydrogen-bond acceptors (Lipinski definition) is 2. The molecule has 2 heteroatoms. The molecule has 0 aliphatic heterocycles. The Morgan fingerprint density at radius 1 is 1.20 bits per heavy atom. The van der Waals surface area contributed by atoms with E-state index in [-0.39, 0.29) is 0 Å². The van der Waals surface area contributed by atoms with E-state index < -0.39 is 0 Å². The minimum absolute atomic E-state index is 0.412. The Balaban J connectivity index is 1.71. The summed E-state index contributed by atoms with van der Waals surface area (Å²) in [5.41, 5.74) is 1.41. The van der Waals surface area contributed by atoms with E-state index in [4.69, 9.17) is 4.74 Å². The van der Waals surface area contributed by atoms with Gasteiger partial charge in [-0.2, -0.15) is 0 Å². The van der Waals surface area contributed by atoms with Crippen molar-refractivity contribution in [2.45, 2.75) is 57.6 Å². The van der Waals surface area contributed by atoms with Crippen molar-refractivity contribution in [3.63, 3.8) is 0 Å². The number of likely N-dealkylation sites (N-methyl/N-ethyl adjacent to an activating group) is 1. The molecule has 0 heterocycles. The van der Waals surface area contributed by atoms with Gasteiger partial charge in [0.25, 0.3) is 0 Å². The van der Waals surface area contributed by atoms with Crippen LogP contribution in [0.3, 0.4) is 0 Å². The zero-order valence-electron chi connectivity index (χ0n) is 13.0. The number of hydrogen-bond donors (Lipinski definition) is 1. The van der Waals surface area contributed by atoms with E-state index in [0.717, 1.165) is 25.4 Å². The summed E-state index contributed by atoms with van der Waals surface area (Å²) in [6.45, 7) is 3.19. The van der Waals surface area contributed by atoms with Crippen molar-refractivity contribution < 1.29 is 4.74 Å². The molecule has 2 nitrogen and oxygen atoms in total. The highest BCUT2D eigenvalue weighted by atomic mass is 16.5. The predicted octanol–water partition coefficient (Wildman–Crippen LogP) is 3.80. The standard InChI is InChI=1S/C18H29NO/c1-3-15-11-12-17(19-2)18(14-15)20-13-7-10-16-8-5-4-6-9-16/h4-6,8-9,15,17-19H,3,7,10-14H2,1-2H3. The molecule has 1 aliphatic carbocycles. The molecule has 0 bridgehead atoms. The van der Waals surface area contributed by atoms with Gasteiger partial charge in [0.05, 0.1) is 6.10 Å². The third kappa shape index (κ3) is 4.60. The molecule has 0 amide bonds. The summed E-state index contributed by atoms with van der Waals surface area (Å²) in [4.78, 5) is 0. The number of nitrogens with one attached hydrogen (secondary N) is 1. The molecule has 2 rings (SSSR count). The molecule has 1 fully saturated rings. The van der Waals surface area contributed by atoms with Crippen molar-refractivity contribution in [3.8, 4) is 0 Å². The van der Waals surface area contributed by atoms with Crippen LogP contribution in [0.2, 0.25) is 0 Å². The van der Waals surface area contributed by atoms with Gasteiger partial charge in [-0.3, -0.25) is 0 Å². The summed E-state index contributed by atoms with van der Waals surface area (Å²) in [6.07, 6.45) is 7.79. The highest BCUT2D eigenvalue weighted by Gasteiger charge is 2.29. The van der Waals surface area contributed by atoms with E-state index in [1.807, 2.05) is 0 Å². The number of aryl methyl sites for hydroxylation is 1. The Morgan fingerprint density at radius 3 is 2.70 bits per heavy atom. The molecule has 3 atom stereocenters. The van der Waals surface area contributed by atoms with Crippen LogP contribution >= 0.6 is 0 Å². The Hall–Kier alpha value is -0.860. The third-order valence-electron chi connectivity index (χ3n) is 4.63. The topological polar surface area (TPSA) is 21.3 Å². The lowest BCUT2D eigenvalue weighted by Gasteiger charge is -2.35. The molecule has 1 aromatic rings. The summed E-state index contributed by atoms with van der Waals surface area (Å²) in [6, 6.07) is 11.2. The summed E-state index contributed by atoms with van der Waals surface area (Å²) in [7, 11) is 2.07. The minimum Gasteiger partial charge on any atom is -0.377 e. The van der Waals surface area contributed by atoms with Crippen molar-refractivity contribution in [3.05, 3.63) is 35.9 Å². The van der Waals surface area contributed by atoms with Crippen LogP contribution in [0, 0.1) is 5.92 Å². The lowest BCUT2D eigenvalue weighted by Crippen LogP contribution is -2.44. The molecule has 3 unspecified atom stereocenters. The van der Waals surface area contributed by atoms with Gasteiger partial charge in [-0.1, -0.05) is 43.7 Å². The average Bonchev–Trinajstić information content (AvgIpc) is 2.52. The lowest BCUT2D eigenvalue weighted by molar-refractivity contribution is -0.00942. The van der Waals surface area contributed by atoms with Crippen molar-refractivity contribution >= 4 is 0 Å². The molecular formula is C18H29NO. The molecule has 0 spiro atoms. The normalized spacial score (nSPS) is 26.6. The summed E-state index contributed by atoms with van der Waals surface area (Å²) >= 11 is 0. The van der Waals surface area contributed by atoms with Gasteiger partial charge in [0.15, 0.2) is 0 Å². The van der Waals surface area contributed by atoms with Crippen molar-refractivity contribution in [2.24, 2.45) is 5.92 Å². The molecule has 1 aromatic carbocycles. The molecule has 0 aromatic heterocycles. The second kappa shape index (κ2) is 8.43. The Morgan fingerprint density at radius 2 is 2.00 bits per heavy atom. The van der Waals surface area contributed by atoms with Gasteiger partial charge in [0, 0.05) is 12.6 Å². The SMILES string of the molecule is CCC1CCC(NC)C(OCCCc2ccccc2)C1. The van der Waals surface area contributed by atoms with Crippen molar-refractivity contribution in [2.75, 3.05) is 13.7 Å². The van der Waals surface area contributed by atoms with Crippen LogP contribution in [0.5, 0.6) is 0 Å². The monoisotopic (exact) mass is 275 g/mol. The molecule has 0 saturated heterocycles. The number of benzene rings is 1. The van der Waals surface area contributed by atoms with E-state index in [1.54, 1.807) is 0 Å². The Labute approximate surface area is 123 Å². The average molecular weight is 275 g/mol. The van der Waals surface area contributed by atoms with E-state index in [1.165, 1.54) is 31.2 Å². The second-order valence-corrected chi connectivity index (χ2v) is 5.98. The van der Waals surface area contributed by atoms with E-state index in [9.17, 15) is 0 Å².